The highest BCUT2D eigenvalue weighted by Gasteiger charge is 2.10. The number of fused-ring (bicyclic) bond motifs is 6. The molecule has 0 bridgehead atoms. The lowest BCUT2D eigenvalue weighted by Gasteiger charge is -2.02. The first-order chi connectivity index (χ1) is 12.9. The van der Waals surface area contributed by atoms with Crippen molar-refractivity contribution in [3.63, 3.8) is 0 Å². The van der Waals surface area contributed by atoms with E-state index in [0.29, 0.717) is 0 Å². The fourth-order valence-corrected chi connectivity index (χ4v) is 5.75. The van der Waals surface area contributed by atoms with Gasteiger partial charge in [-0.05, 0) is 30.3 Å². The second-order valence-corrected chi connectivity index (χ2v) is 8.45. The van der Waals surface area contributed by atoms with E-state index in [9.17, 15) is 0 Å². The maximum atomic E-state index is 4.76. The van der Waals surface area contributed by atoms with Crippen molar-refractivity contribution in [3.05, 3.63) is 73.1 Å². The molecule has 4 heterocycles. The van der Waals surface area contributed by atoms with Crippen molar-refractivity contribution < 1.29 is 0 Å². The predicted octanol–water partition coefficient (Wildman–Crippen LogP) is 6.88. The van der Waals surface area contributed by atoms with Crippen LogP contribution in [0.15, 0.2) is 73.1 Å². The lowest BCUT2D eigenvalue weighted by Crippen LogP contribution is -1.82. The van der Waals surface area contributed by atoms with Crippen molar-refractivity contribution in [1.29, 1.82) is 0 Å². The fourth-order valence-electron chi connectivity index (χ4n) is 3.55. The summed E-state index contributed by atoms with van der Waals surface area (Å²) in [7, 11) is 0. The Balaban J connectivity index is 1.57. The fraction of sp³-hybridized carbons (Fsp3) is 0. The Morgan fingerprint density at radius 2 is 1.46 bits per heavy atom. The molecule has 122 valence electrons. The van der Waals surface area contributed by atoms with Gasteiger partial charge in [0.05, 0.1) is 5.69 Å². The molecule has 4 aromatic heterocycles. The molecular formula is C22H12N2S2. The molecule has 6 aromatic rings. The van der Waals surface area contributed by atoms with E-state index in [2.05, 4.69) is 59.6 Å². The quantitative estimate of drug-likeness (QED) is 0.316. The van der Waals surface area contributed by atoms with E-state index in [0.717, 1.165) is 16.1 Å². The monoisotopic (exact) mass is 368 g/mol. The minimum absolute atomic E-state index is 1.02. The molecule has 0 aliphatic carbocycles. The summed E-state index contributed by atoms with van der Waals surface area (Å²) in [6.45, 7) is 0. The zero-order valence-electron chi connectivity index (χ0n) is 13.6. The van der Waals surface area contributed by atoms with Crippen molar-refractivity contribution in [1.82, 2.24) is 9.97 Å². The minimum Gasteiger partial charge on any atom is -0.256 e. The Morgan fingerprint density at radius 3 is 2.46 bits per heavy atom. The molecule has 0 unspecified atom stereocenters. The van der Waals surface area contributed by atoms with Gasteiger partial charge in [-0.1, -0.05) is 30.3 Å². The summed E-state index contributed by atoms with van der Waals surface area (Å²) in [5, 5.41) is 5.02. The Hall–Kier alpha value is -2.82. The van der Waals surface area contributed by atoms with Crippen LogP contribution < -0.4 is 0 Å². The highest BCUT2D eigenvalue weighted by molar-refractivity contribution is 7.26. The molecule has 4 heteroatoms. The van der Waals surface area contributed by atoms with Crippen molar-refractivity contribution in [2.24, 2.45) is 0 Å². The second-order valence-electron chi connectivity index (χ2n) is 6.33. The molecule has 6 rings (SSSR count). The highest BCUT2D eigenvalue weighted by atomic mass is 32.1. The molecule has 0 aliphatic rings. The number of hydrogen-bond acceptors (Lipinski definition) is 4. The van der Waals surface area contributed by atoms with Crippen LogP contribution in [0.25, 0.3) is 51.7 Å². The van der Waals surface area contributed by atoms with Crippen LogP contribution in [0.3, 0.4) is 0 Å². The molecule has 26 heavy (non-hydrogen) atoms. The zero-order valence-corrected chi connectivity index (χ0v) is 15.3. The number of thiophene rings is 2. The molecule has 0 N–H and O–H groups in total. The molecule has 0 aliphatic heterocycles. The summed E-state index contributed by atoms with van der Waals surface area (Å²) in [5.74, 6) is 0. The Morgan fingerprint density at radius 1 is 0.615 bits per heavy atom. The third kappa shape index (κ3) is 2.03. The summed E-state index contributed by atoms with van der Waals surface area (Å²) in [4.78, 5) is 10.3. The van der Waals surface area contributed by atoms with E-state index >= 15 is 0 Å². The van der Waals surface area contributed by atoms with Crippen LogP contribution in [0.2, 0.25) is 0 Å². The molecule has 2 aromatic carbocycles. The first-order valence-electron chi connectivity index (χ1n) is 8.42. The topological polar surface area (TPSA) is 25.8 Å². The maximum Gasteiger partial charge on any atom is 0.124 e. The first kappa shape index (κ1) is 14.4. The molecule has 0 amide bonds. The van der Waals surface area contributed by atoms with Crippen LogP contribution in [-0.2, 0) is 0 Å². The van der Waals surface area contributed by atoms with Crippen molar-refractivity contribution in [2.45, 2.75) is 0 Å². The van der Waals surface area contributed by atoms with Gasteiger partial charge in [0.1, 0.15) is 4.83 Å². The molecule has 0 atom stereocenters. The van der Waals surface area contributed by atoms with Crippen LogP contribution in [0.5, 0.6) is 0 Å². The third-order valence-electron chi connectivity index (χ3n) is 4.81. The number of benzene rings is 2. The first-order valence-corrected chi connectivity index (χ1v) is 10.0. The summed E-state index contributed by atoms with van der Waals surface area (Å²) in [6, 6.07) is 21.5. The van der Waals surface area contributed by atoms with Crippen molar-refractivity contribution >= 4 is 63.1 Å². The van der Waals surface area contributed by atoms with E-state index in [-0.39, 0.29) is 0 Å². The number of hydrogen-bond donors (Lipinski definition) is 0. The Labute approximate surface area is 157 Å². The standard InChI is InChI=1S/C22H12N2S2/c1-2-6-19-14(4-1)17-12-24-18(11-21(17)25-19)13-7-8-15-16-5-3-9-23-22(16)26-20(15)10-13/h1-12H. The van der Waals surface area contributed by atoms with Gasteiger partial charge in [-0.2, -0.15) is 0 Å². The van der Waals surface area contributed by atoms with Gasteiger partial charge in [-0.25, -0.2) is 4.98 Å². The van der Waals surface area contributed by atoms with E-state index in [1.54, 1.807) is 11.3 Å². The molecule has 2 nitrogen and oxygen atoms in total. The van der Waals surface area contributed by atoms with Crippen molar-refractivity contribution in [2.75, 3.05) is 0 Å². The summed E-state index contributed by atoms with van der Waals surface area (Å²) in [5.41, 5.74) is 2.18. The number of pyridine rings is 2. The van der Waals surface area contributed by atoms with Crippen LogP contribution in [0.1, 0.15) is 0 Å². The van der Waals surface area contributed by atoms with Gasteiger partial charge < -0.3 is 0 Å². The van der Waals surface area contributed by atoms with Crippen molar-refractivity contribution in [3.8, 4) is 11.3 Å². The molecule has 0 saturated heterocycles. The molecule has 0 radical (unpaired) electrons. The van der Waals surface area contributed by atoms with E-state index in [1.165, 1.54) is 35.6 Å². The Bertz CT molecular complexity index is 1330. The van der Waals surface area contributed by atoms with Crippen LogP contribution in [-0.4, -0.2) is 9.97 Å². The minimum atomic E-state index is 1.02. The lowest BCUT2D eigenvalue weighted by atomic mass is 10.1. The van der Waals surface area contributed by atoms with E-state index in [1.807, 2.05) is 29.8 Å². The normalized spacial score (nSPS) is 11.8. The summed E-state index contributed by atoms with van der Waals surface area (Å²) in [6.07, 6.45) is 3.87. The Kier molecular flexibility index (Phi) is 2.95. The number of rotatable bonds is 1. The molecular weight excluding hydrogens is 356 g/mol. The van der Waals surface area contributed by atoms with E-state index in [4.69, 9.17) is 4.98 Å². The lowest BCUT2D eigenvalue weighted by molar-refractivity contribution is 1.37. The van der Waals surface area contributed by atoms with Gasteiger partial charge in [0.25, 0.3) is 0 Å². The van der Waals surface area contributed by atoms with Gasteiger partial charge in [-0.3, -0.25) is 4.98 Å². The van der Waals surface area contributed by atoms with Crippen LogP contribution in [0, 0.1) is 0 Å². The predicted molar refractivity (Wildman–Crippen MR) is 113 cm³/mol. The van der Waals surface area contributed by atoms with Crippen LogP contribution in [0.4, 0.5) is 0 Å². The third-order valence-corrected chi connectivity index (χ3v) is 7.02. The van der Waals surface area contributed by atoms with Gasteiger partial charge in [-0.15, -0.1) is 22.7 Å². The average Bonchev–Trinajstić information content (AvgIpc) is 3.24. The second kappa shape index (κ2) is 5.34. The highest BCUT2D eigenvalue weighted by Crippen LogP contribution is 2.37. The SMILES string of the molecule is c1ccc2c(c1)sc1cc(-c3ccc4c(c3)sc3ncccc34)ncc12. The molecule has 0 saturated carbocycles. The van der Waals surface area contributed by atoms with E-state index < -0.39 is 0 Å². The number of nitrogens with zero attached hydrogens (tertiary/aromatic N) is 2. The number of aromatic nitrogens is 2. The van der Waals surface area contributed by atoms with Crippen LogP contribution >= 0.6 is 22.7 Å². The van der Waals surface area contributed by atoms with Gasteiger partial charge in [0, 0.05) is 53.6 Å². The van der Waals surface area contributed by atoms with Gasteiger partial charge in [0.2, 0.25) is 0 Å². The zero-order chi connectivity index (χ0) is 17.1. The smallest absolute Gasteiger partial charge is 0.124 e. The van der Waals surface area contributed by atoms with Gasteiger partial charge >= 0.3 is 0 Å². The molecule has 0 spiro atoms. The average molecular weight is 368 g/mol. The van der Waals surface area contributed by atoms with Gasteiger partial charge in [0.15, 0.2) is 0 Å². The molecule has 0 fully saturated rings. The summed E-state index contributed by atoms with van der Waals surface area (Å²) < 4.78 is 3.86. The summed E-state index contributed by atoms with van der Waals surface area (Å²) >= 11 is 3.57. The maximum absolute atomic E-state index is 4.76. The largest absolute Gasteiger partial charge is 0.256 e.